The molecule has 212 valence electrons. The third-order valence-corrected chi connectivity index (χ3v) is 8.96. The van der Waals surface area contributed by atoms with Crippen LogP contribution in [-0.4, -0.2) is 31.0 Å². The van der Waals surface area contributed by atoms with Gasteiger partial charge in [0.2, 0.25) is 0 Å². The summed E-state index contributed by atoms with van der Waals surface area (Å²) >= 11 is 0. The van der Waals surface area contributed by atoms with E-state index in [4.69, 9.17) is 9.15 Å². The van der Waals surface area contributed by atoms with Gasteiger partial charge in [-0.1, -0.05) is 35.9 Å². The first kappa shape index (κ1) is 27.4. The molecule has 7 heteroatoms. The normalized spacial score (nSPS) is 19.1. The highest BCUT2D eigenvalue weighted by atomic mass is 19.1. The zero-order chi connectivity index (χ0) is 29.1. The van der Waals surface area contributed by atoms with Crippen LogP contribution in [0.5, 0.6) is 0 Å². The molecule has 2 bridgehead atoms. The quantitative estimate of drug-likeness (QED) is 0.220. The highest BCUT2D eigenvalue weighted by molar-refractivity contribution is 6.12. The molecular formula is C34H34FNO5. The topological polar surface area (TPSA) is 88.8 Å². The van der Waals surface area contributed by atoms with Gasteiger partial charge in [-0.05, 0) is 78.8 Å². The zero-order valence-corrected chi connectivity index (χ0v) is 23.8. The van der Waals surface area contributed by atoms with Crippen LogP contribution < -0.4 is 5.32 Å². The van der Waals surface area contributed by atoms with Crippen molar-refractivity contribution < 1.29 is 28.2 Å². The Labute approximate surface area is 238 Å². The fraction of sp³-hybridized carbons (Fsp3) is 0.353. The van der Waals surface area contributed by atoms with E-state index >= 15 is 4.39 Å². The maximum Gasteiger partial charge on any atom is 0.255 e. The van der Waals surface area contributed by atoms with E-state index in [1.54, 1.807) is 18.2 Å². The number of methoxy groups -OCH3 is 1. The van der Waals surface area contributed by atoms with Crippen molar-refractivity contribution in [1.82, 2.24) is 5.32 Å². The van der Waals surface area contributed by atoms with E-state index in [1.807, 2.05) is 38.1 Å². The van der Waals surface area contributed by atoms with Gasteiger partial charge in [0.05, 0.1) is 24.2 Å². The number of ketones is 1. The van der Waals surface area contributed by atoms with Gasteiger partial charge in [0.1, 0.15) is 17.2 Å². The first-order chi connectivity index (χ1) is 19.7. The van der Waals surface area contributed by atoms with Gasteiger partial charge < -0.3 is 19.6 Å². The van der Waals surface area contributed by atoms with Crippen LogP contribution >= 0.6 is 0 Å². The summed E-state index contributed by atoms with van der Waals surface area (Å²) in [6.45, 7) is 3.60. The lowest BCUT2D eigenvalue weighted by Crippen LogP contribution is -2.52. The molecular weight excluding hydrogens is 521 g/mol. The number of aliphatic hydroxyl groups is 1. The van der Waals surface area contributed by atoms with Gasteiger partial charge in [-0.2, -0.15) is 0 Å². The van der Waals surface area contributed by atoms with Crippen molar-refractivity contribution in [3.05, 3.63) is 81.7 Å². The predicted octanol–water partition coefficient (Wildman–Crippen LogP) is 6.89. The number of benzene rings is 3. The molecule has 0 saturated heterocycles. The first-order valence-electron chi connectivity index (χ1n) is 14.0. The average molecular weight is 556 g/mol. The highest BCUT2D eigenvalue weighted by Gasteiger charge is 2.57. The second-order valence-corrected chi connectivity index (χ2v) is 11.8. The van der Waals surface area contributed by atoms with Gasteiger partial charge in [0.15, 0.2) is 5.78 Å². The van der Waals surface area contributed by atoms with Crippen molar-refractivity contribution in [2.75, 3.05) is 14.2 Å². The maximum atomic E-state index is 16.9. The molecule has 0 radical (unpaired) electrons. The Morgan fingerprint density at radius 1 is 1.10 bits per heavy atom. The van der Waals surface area contributed by atoms with Crippen molar-refractivity contribution in [3.8, 4) is 22.5 Å². The minimum absolute atomic E-state index is 0.0285. The molecule has 1 amide bonds. The number of carbonyl (C=O) groups is 2. The second-order valence-electron chi connectivity index (χ2n) is 11.8. The number of aliphatic hydroxyl groups excluding tert-OH is 1. The maximum absolute atomic E-state index is 16.9. The van der Waals surface area contributed by atoms with E-state index in [0.29, 0.717) is 39.8 Å². The summed E-state index contributed by atoms with van der Waals surface area (Å²) in [6, 6.07) is 12.7. The fourth-order valence-corrected chi connectivity index (χ4v) is 6.81. The SMILES string of the molecule is CNC(=O)c1c(-c2ccc(C)cc2)oc2cc(COC)c(-c3cc(C(=O)CC45CC(C4)C5)c(CO)cc3C)c(F)c12. The Morgan fingerprint density at radius 3 is 2.39 bits per heavy atom. The molecule has 3 aromatic carbocycles. The molecule has 0 spiro atoms. The lowest BCUT2D eigenvalue weighted by atomic mass is 9.43. The number of furan rings is 1. The van der Waals surface area contributed by atoms with Gasteiger partial charge in [0.25, 0.3) is 5.91 Å². The number of amides is 1. The van der Waals surface area contributed by atoms with Crippen LogP contribution in [0.25, 0.3) is 33.4 Å². The third kappa shape index (κ3) is 4.48. The van der Waals surface area contributed by atoms with Crippen molar-refractivity contribution in [2.45, 2.75) is 52.7 Å². The van der Waals surface area contributed by atoms with E-state index in [0.717, 1.165) is 30.7 Å². The number of carbonyl (C=O) groups excluding carboxylic acids is 2. The number of fused-ring (bicyclic) bond motifs is 1. The molecule has 3 aliphatic carbocycles. The Balaban J connectivity index is 1.57. The Kier molecular flexibility index (Phi) is 6.83. The molecule has 2 N–H and O–H groups in total. The van der Waals surface area contributed by atoms with Crippen molar-refractivity contribution in [2.24, 2.45) is 11.3 Å². The van der Waals surface area contributed by atoms with E-state index in [9.17, 15) is 14.7 Å². The molecule has 41 heavy (non-hydrogen) atoms. The lowest BCUT2D eigenvalue weighted by Gasteiger charge is -2.62. The molecule has 6 nitrogen and oxygen atoms in total. The Hall–Kier alpha value is -3.81. The van der Waals surface area contributed by atoms with Gasteiger partial charge in [-0.3, -0.25) is 9.59 Å². The van der Waals surface area contributed by atoms with Gasteiger partial charge >= 0.3 is 0 Å². The van der Waals surface area contributed by atoms with Crippen molar-refractivity contribution >= 4 is 22.7 Å². The lowest BCUT2D eigenvalue weighted by molar-refractivity contribution is -0.103. The summed E-state index contributed by atoms with van der Waals surface area (Å²) in [5.41, 5.74) is 5.10. The number of Topliss-reactive ketones (excluding diaryl/α,β-unsaturated/α-hetero) is 1. The standard InChI is InChI=1S/C34H34FNO5/c1-18-5-7-21(8-6-18)32-30(33(39)36-3)29-27(41-32)10-23(17-40-4)28(31(29)35)24-11-25(22(16-37)9-19(24)2)26(38)15-34-12-20(13-34)14-34/h5-11,20,37H,12-17H2,1-4H3,(H,36,39). The number of ether oxygens (including phenoxy) is 1. The summed E-state index contributed by atoms with van der Waals surface area (Å²) in [6.07, 6.45) is 3.69. The van der Waals surface area contributed by atoms with Gasteiger partial charge in [-0.25, -0.2) is 4.39 Å². The molecule has 3 aliphatic rings. The van der Waals surface area contributed by atoms with Crippen LogP contribution in [-0.2, 0) is 18.0 Å². The summed E-state index contributed by atoms with van der Waals surface area (Å²) < 4.78 is 28.5. The van der Waals surface area contributed by atoms with Crippen LogP contribution in [0.2, 0.25) is 0 Å². The monoisotopic (exact) mass is 555 g/mol. The van der Waals surface area contributed by atoms with Gasteiger partial charge in [0, 0.05) is 37.3 Å². The Morgan fingerprint density at radius 2 is 1.80 bits per heavy atom. The highest BCUT2D eigenvalue weighted by Crippen LogP contribution is 2.66. The molecule has 0 unspecified atom stereocenters. The number of hydrogen-bond acceptors (Lipinski definition) is 5. The summed E-state index contributed by atoms with van der Waals surface area (Å²) in [4.78, 5) is 26.7. The molecule has 3 saturated carbocycles. The predicted molar refractivity (Wildman–Crippen MR) is 155 cm³/mol. The van der Waals surface area contributed by atoms with E-state index < -0.39 is 11.7 Å². The number of nitrogens with one attached hydrogen (secondary N) is 1. The summed E-state index contributed by atoms with van der Waals surface area (Å²) in [7, 11) is 3.03. The van der Waals surface area contributed by atoms with Crippen molar-refractivity contribution in [3.63, 3.8) is 0 Å². The van der Waals surface area contributed by atoms with Crippen LogP contribution in [0, 0.1) is 31.0 Å². The molecule has 1 aromatic heterocycles. The number of rotatable bonds is 9. The van der Waals surface area contributed by atoms with E-state index in [-0.39, 0.29) is 52.3 Å². The van der Waals surface area contributed by atoms with Crippen LogP contribution in [0.4, 0.5) is 4.39 Å². The van der Waals surface area contributed by atoms with Gasteiger partial charge in [-0.15, -0.1) is 0 Å². The molecule has 1 heterocycles. The first-order valence-corrected chi connectivity index (χ1v) is 14.0. The number of halogens is 1. The molecule has 3 fully saturated rings. The largest absolute Gasteiger partial charge is 0.455 e. The number of hydrogen-bond donors (Lipinski definition) is 2. The fourth-order valence-electron chi connectivity index (χ4n) is 6.81. The number of aryl methyl sites for hydroxylation is 2. The van der Waals surface area contributed by atoms with Crippen LogP contribution in [0.1, 0.15) is 68.7 Å². The van der Waals surface area contributed by atoms with E-state index in [2.05, 4.69) is 5.32 Å². The summed E-state index contributed by atoms with van der Waals surface area (Å²) in [5.74, 6) is -0.0847. The van der Waals surface area contributed by atoms with Crippen molar-refractivity contribution in [1.29, 1.82) is 0 Å². The molecule has 0 aliphatic heterocycles. The smallest absolute Gasteiger partial charge is 0.255 e. The minimum atomic E-state index is -0.618. The zero-order valence-electron chi connectivity index (χ0n) is 23.8. The molecule has 7 rings (SSSR count). The summed E-state index contributed by atoms with van der Waals surface area (Å²) in [5, 5.41) is 12.8. The second kappa shape index (κ2) is 10.2. The average Bonchev–Trinajstić information content (AvgIpc) is 3.30. The Bertz CT molecular complexity index is 1680. The minimum Gasteiger partial charge on any atom is -0.455 e. The van der Waals surface area contributed by atoms with Crippen LogP contribution in [0.3, 0.4) is 0 Å². The third-order valence-electron chi connectivity index (χ3n) is 8.96. The molecule has 4 aromatic rings. The van der Waals surface area contributed by atoms with Crippen LogP contribution in [0.15, 0.2) is 46.9 Å². The van der Waals surface area contributed by atoms with E-state index in [1.165, 1.54) is 14.2 Å². The molecule has 0 atom stereocenters.